The molecule has 1 aliphatic rings. The molecule has 140 valence electrons. The van der Waals surface area contributed by atoms with Crippen LogP contribution in [0.3, 0.4) is 0 Å². The second kappa shape index (κ2) is 8.91. The highest BCUT2D eigenvalue weighted by atomic mass is 16.5. The molecule has 2 heterocycles. The van der Waals surface area contributed by atoms with Gasteiger partial charge in [0.05, 0.1) is 13.1 Å². The average Bonchev–Trinajstić information content (AvgIpc) is 3.07. The Labute approximate surface area is 154 Å². The Morgan fingerprint density at radius 1 is 1.15 bits per heavy atom. The first-order valence-electron chi connectivity index (χ1n) is 9.19. The van der Waals surface area contributed by atoms with Crippen LogP contribution >= 0.6 is 0 Å². The molecule has 3 rings (SSSR count). The van der Waals surface area contributed by atoms with Crippen molar-refractivity contribution in [3.8, 4) is 0 Å². The van der Waals surface area contributed by atoms with E-state index in [0.29, 0.717) is 31.3 Å². The predicted molar refractivity (Wildman–Crippen MR) is 98.3 cm³/mol. The molecular formula is C19H27N5O2. The van der Waals surface area contributed by atoms with Crippen LogP contribution in [0.15, 0.2) is 34.9 Å². The molecule has 1 aromatic carbocycles. The van der Waals surface area contributed by atoms with Gasteiger partial charge in [-0.3, -0.25) is 14.6 Å². The lowest BCUT2D eigenvalue weighted by atomic mass is 10.2. The Balaban J connectivity index is 1.44. The molecular weight excluding hydrogens is 330 g/mol. The first kappa shape index (κ1) is 18.5. The highest BCUT2D eigenvalue weighted by Crippen LogP contribution is 2.09. The Morgan fingerprint density at radius 2 is 1.85 bits per heavy atom. The Bertz CT molecular complexity index is 695. The van der Waals surface area contributed by atoms with Crippen LogP contribution in [0.25, 0.3) is 0 Å². The summed E-state index contributed by atoms with van der Waals surface area (Å²) in [5.74, 6) is 1.52. The molecule has 0 unspecified atom stereocenters. The third-order valence-electron chi connectivity index (χ3n) is 4.70. The van der Waals surface area contributed by atoms with Crippen LogP contribution in [0.5, 0.6) is 0 Å². The van der Waals surface area contributed by atoms with E-state index in [2.05, 4.69) is 32.1 Å². The molecule has 0 radical (unpaired) electrons. The molecule has 1 aromatic heterocycles. The highest BCUT2D eigenvalue weighted by molar-refractivity contribution is 5.78. The molecule has 0 spiro atoms. The molecule has 0 N–H and O–H groups in total. The average molecular weight is 357 g/mol. The number of aryl methyl sites for hydroxylation is 1. The van der Waals surface area contributed by atoms with Crippen molar-refractivity contribution in [2.75, 3.05) is 39.3 Å². The molecule has 1 fully saturated rings. The smallest absolute Gasteiger partial charge is 0.240 e. The van der Waals surface area contributed by atoms with Gasteiger partial charge in [-0.1, -0.05) is 35.5 Å². The first-order chi connectivity index (χ1) is 12.6. The fourth-order valence-corrected chi connectivity index (χ4v) is 3.17. The summed E-state index contributed by atoms with van der Waals surface area (Å²) >= 11 is 0. The van der Waals surface area contributed by atoms with Crippen LogP contribution in [0.4, 0.5) is 0 Å². The van der Waals surface area contributed by atoms with Gasteiger partial charge in [-0.05, 0) is 19.4 Å². The summed E-state index contributed by atoms with van der Waals surface area (Å²) in [6, 6.07) is 10.1. The van der Waals surface area contributed by atoms with Gasteiger partial charge in [0.15, 0.2) is 5.82 Å². The Morgan fingerprint density at radius 3 is 2.46 bits per heavy atom. The monoisotopic (exact) mass is 357 g/mol. The Kier molecular flexibility index (Phi) is 6.35. The quantitative estimate of drug-likeness (QED) is 0.749. The number of likely N-dealkylation sites (N-methyl/N-ethyl adjacent to an activating group) is 1. The number of carbonyl (C=O) groups excluding carboxylic acids is 1. The van der Waals surface area contributed by atoms with Gasteiger partial charge >= 0.3 is 0 Å². The summed E-state index contributed by atoms with van der Waals surface area (Å²) in [4.78, 5) is 23.3. The van der Waals surface area contributed by atoms with Crippen molar-refractivity contribution in [1.29, 1.82) is 0 Å². The molecule has 1 saturated heterocycles. The van der Waals surface area contributed by atoms with E-state index < -0.39 is 0 Å². The number of hydrogen-bond donors (Lipinski definition) is 0. The van der Waals surface area contributed by atoms with Gasteiger partial charge < -0.3 is 9.42 Å². The zero-order valence-corrected chi connectivity index (χ0v) is 15.6. The number of hydrogen-bond acceptors (Lipinski definition) is 6. The molecule has 7 heteroatoms. The lowest BCUT2D eigenvalue weighted by Crippen LogP contribution is -2.49. The number of piperazine rings is 1. The topological polar surface area (TPSA) is 65.7 Å². The largest absolute Gasteiger partial charge is 0.338 e. The zero-order chi connectivity index (χ0) is 18.4. The standard InChI is InChI=1S/C19H27N5O2/c1-3-24(13-17-7-5-4-6-8-17)19(25)15-23-11-9-22(10-12-23)14-18-20-16(2)21-26-18/h4-8H,3,9-15H2,1-2H3. The lowest BCUT2D eigenvalue weighted by molar-refractivity contribution is -0.133. The molecule has 7 nitrogen and oxygen atoms in total. The third-order valence-corrected chi connectivity index (χ3v) is 4.70. The molecule has 0 saturated carbocycles. The number of benzene rings is 1. The molecule has 1 aliphatic heterocycles. The third kappa shape index (κ3) is 5.12. The number of carbonyl (C=O) groups is 1. The van der Waals surface area contributed by atoms with Gasteiger partial charge in [-0.15, -0.1) is 0 Å². The fraction of sp³-hybridized carbons (Fsp3) is 0.526. The number of aromatic nitrogens is 2. The minimum atomic E-state index is 0.192. The molecule has 0 bridgehead atoms. The molecule has 26 heavy (non-hydrogen) atoms. The van der Waals surface area contributed by atoms with Gasteiger partial charge in [0.25, 0.3) is 0 Å². The van der Waals surface area contributed by atoms with Gasteiger partial charge in [0, 0.05) is 39.3 Å². The number of nitrogens with zero attached hydrogens (tertiary/aromatic N) is 5. The van der Waals surface area contributed by atoms with Crippen molar-refractivity contribution in [2.45, 2.75) is 26.9 Å². The van der Waals surface area contributed by atoms with Crippen LogP contribution < -0.4 is 0 Å². The molecule has 1 amide bonds. The van der Waals surface area contributed by atoms with E-state index >= 15 is 0 Å². The van der Waals surface area contributed by atoms with E-state index in [9.17, 15) is 4.79 Å². The Hall–Kier alpha value is -2.25. The maximum absolute atomic E-state index is 12.7. The van der Waals surface area contributed by atoms with E-state index in [-0.39, 0.29) is 5.91 Å². The van der Waals surface area contributed by atoms with Crippen molar-refractivity contribution in [3.05, 3.63) is 47.6 Å². The van der Waals surface area contributed by atoms with Crippen LogP contribution in [-0.2, 0) is 17.9 Å². The minimum Gasteiger partial charge on any atom is -0.338 e. The minimum absolute atomic E-state index is 0.192. The van der Waals surface area contributed by atoms with E-state index in [4.69, 9.17) is 4.52 Å². The molecule has 0 atom stereocenters. The van der Waals surface area contributed by atoms with Crippen molar-refractivity contribution >= 4 is 5.91 Å². The van der Waals surface area contributed by atoms with Crippen LogP contribution in [0.1, 0.15) is 24.2 Å². The van der Waals surface area contributed by atoms with E-state index in [1.807, 2.05) is 36.9 Å². The van der Waals surface area contributed by atoms with Gasteiger partial charge in [-0.25, -0.2) is 0 Å². The number of amides is 1. The predicted octanol–water partition coefficient (Wildman–Crippen LogP) is 1.54. The SMILES string of the molecule is CCN(Cc1ccccc1)C(=O)CN1CCN(Cc2nc(C)no2)CC1. The number of rotatable bonds is 7. The maximum Gasteiger partial charge on any atom is 0.240 e. The van der Waals surface area contributed by atoms with E-state index in [1.165, 1.54) is 5.56 Å². The van der Waals surface area contributed by atoms with Crippen LogP contribution in [-0.4, -0.2) is 70.0 Å². The zero-order valence-electron chi connectivity index (χ0n) is 15.6. The summed E-state index contributed by atoms with van der Waals surface area (Å²) < 4.78 is 5.18. The van der Waals surface area contributed by atoms with Crippen molar-refractivity contribution in [1.82, 2.24) is 24.8 Å². The molecule has 0 aliphatic carbocycles. The van der Waals surface area contributed by atoms with Crippen molar-refractivity contribution in [2.24, 2.45) is 0 Å². The van der Waals surface area contributed by atoms with Gasteiger partial charge in [0.2, 0.25) is 11.8 Å². The highest BCUT2D eigenvalue weighted by Gasteiger charge is 2.22. The summed E-state index contributed by atoms with van der Waals surface area (Å²) in [6.45, 7) is 9.97. The second-order valence-corrected chi connectivity index (χ2v) is 6.68. The van der Waals surface area contributed by atoms with Crippen LogP contribution in [0.2, 0.25) is 0 Å². The summed E-state index contributed by atoms with van der Waals surface area (Å²) in [5.41, 5.74) is 1.17. The van der Waals surface area contributed by atoms with Gasteiger partial charge in [-0.2, -0.15) is 4.98 Å². The normalized spacial score (nSPS) is 15.9. The second-order valence-electron chi connectivity index (χ2n) is 6.68. The summed E-state index contributed by atoms with van der Waals surface area (Å²) in [7, 11) is 0. The van der Waals surface area contributed by atoms with E-state index in [0.717, 1.165) is 32.7 Å². The van der Waals surface area contributed by atoms with Crippen molar-refractivity contribution < 1.29 is 9.32 Å². The van der Waals surface area contributed by atoms with Crippen molar-refractivity contribution in [3.63, 3.8) is 0 Å². The summed E-state index contributed by atoms with van der Waals surface area (Å²) in [5, 5.41) is 3.83. The lowest BCUT2D eigenvalue weighted by Gasteiger charge is -2.34. The van der Waals surface area contributed by atoms with Gasteiger partial charge in [0.1, 0.15) is 0 Å². The first-order valence-corrected chi connectivity index (χ1v) is 9.19. The maximum atomic E-state index is 12.7. The van der Waals surface area contributed by atoms with Crippen LogP contribution in [0, 0.1) is 6.92 Å². The summed E-state index contributed by atoms with van der Waals surface area (Å²) in [6.07, 6.45) is 0. The van der Waals surface area contributed by atoms with E-state index in [1.54, 1.807) is 0 Å². The fourth-order valence-electron chi connectivity index (χ4n) is 3.17. The molecule has 2 aromatic rings.